The molecule has 4 fully saturated rings. The lowest BCUT2D eigenvalue weighted by molar-refractivity contribution is -0.137. The summed E-state index contributed by atoms with van der Waals surface area (Å²) in [7, 11) is 0. The fourth-order valence-corrected chi connectivity index (χ4v) is 7.62. The van der Waals surface area contributed by atoms with Crippen LogP contribution in [0, 0.1) is 0 Å². The van der Waals surface area contributed by atoms with Crippen LogP contribution in [0.25, 0.3) is 0 Å². The number of thioether (sulfide) groups is 1. The number of nitrogens with one attached hydrogen (secondary N) is 2. The van der Waals surface area contributed by atoms with Crippen molar-refractivity contribution in [3.05, 3.63) is 0 Å². The third kappa shape index (κ3) is 19.9. The number of aliphatic carboxylic acids is 2. The first-order chi connectivity index (χ1) is 19.9. The van der Waals surface area contributed by atoms with Crippen LogP contribution in [-0.4, -0.2) is 69.0 Å². The number of aliphatic hydroxyl groups excluding tert-OH is 1. The highest BCUT2D eigenvalue weighted by Crippen LogP contribution is 2.23. The van der Waals surface area contributed by atoms with Crippen molar-refractivity contribution in [1.29, 1.82) is 0 Å². The Bertz CT molecular complexity index is 592. The zero-order chi connectivity index (χ0) is 29.5. The van der Waals surface area contributed by atoms with Crippen LogP contribution in [0.3, 0.4) is 0 Å². The summed E-state index contributed by atoms with van der Waals surface area (Å²) in [4.78, 5) is 20.3. The lowest BCUT2D eigenvalue weighted by Gasteiger charge is -2.30. The normalized spacial score (nSPS) is 22.1. The van der Waals surface area contributed by atoms with E-state index in [0.29, 0.717) is 24.3 Å². The standard InChI is InChI=1S/2C12H23N.C9H16O5S/c2*1-3-7-11(8-4-1)13-12-9-5-2-6-10-12;10-7(2-1-3-8(11)12)6-15-5-4-9(13)14/h2*11-13H,1-10H2;7,10H,1-6H2,(H,11,12)(H,13,14). The number of rotatable bonds is 13. The van der Waals surface area contributed by atoms with E-state index in [-0.39, 0.29) is 12.8 Å². The van der Waals surface area contributed by atoms with Crippen LogP contribution >= 0.6 is 11.8 Å². The van der Waals surface area contributed by atoms with Crippen LogP contribution in [0.2, 0.25) is 0 Å². The smallest absolute Gasteiger partial charge is 0.304 e. The minimum atomic E-state index is -0.860. The van der Waals surface area contributed by atoms with Crippen LogP contribution < -0.4 is 10.6 Å². The van der Waals surface area contributed by atoms with E-state index in [9.17, 15) is 14.7 Å². The maximum Gasteiger partial charge on any atom is 0.304 e. The van der Waals surface area contributed by atoms with E-state index in [1.807, 2.05) is 0 Å². The lowest BCUT2D eigenvalue weighted by Crippen LogP contribution is -2.40. The minimum Gasteiger partial charge on any atom is -0.481 e. The van der Waals surface area contributed by atoms with Gasteiger partial charge in [0, 0.05) is 42.1 Å². The highest BCUT2D eigenvalue weighted by Gasteiger charge is 2.20. The van der Waals surface area contributed by atoms with Crippen LogP contribution in [-0.2, 0) is 9.59 Å². The molecule has 7 nitrogen and oxygen atoms in total. The van der Waals surface area contributed by atoms with Gasteiger partial charge in [0.25, 0.3) is 0 Å². The first-order valence-corrected chi connectivity index (χ1v) is 18.3. The number of carboxylic acid groups (broad SMARTS) is 2. The molecule has 0 saturated heterocycles. The molecule has 4 saturated carbocycles. The predicted molar refractivity (Wildman–Crippen MR) is 171 cm³/mol. The SMILES string of the molecule is C1CCC(NC2CCCCC2)CC1.C1CCC(NC2CCCCC2)CC1.O=C(O)CCCC(O)CSCCC(=O)O. The highest BCUT2D eigenvalue weighted by atomic mass is 32.2. The third-order valence-electron chi connectivity index (χ3n) is 9.06. The molecule has 1 atom stereocenters. The molecule has 1 unspecified atom stereocenters. The van der Waals surface area contributed by atoms with E-state index in [1.165, 1.54) is 140 Å². The van der Waals surface area contributed by atoms with Crippen molar-refractivity contribution >= 4 is 23.7 Å². The summed E-state index contributed by atoms with van der Waals surface area (Å²) in [6.07, 6.45) is 29.7. The Labute approximate surface area is 254 Å². The quantitative estimate of drug-likeness (QED) is 0.140. The van der Waals surface area contributed by atoms with E-state index in [0.717, 1.165) is 24.2 Å². The molecule has 0 bridgehead atoms. The van der Waals surface area contributed by atoms with Gasteiger partial charge in [0.2, 0.25) is 0 Å². The molecule has 4 rings (SSSR count). The summed E-state index contributed by atoms with van der Waals surface area (Å²) in [5, 5.41) is 33.8. The van der Waals surface area contributed by atoms with Gasteiger partial charge in [0.1, 0.15) is 0 Å². The Morgan fingerprint density at radius 2 is 0.927 bits per heavy atom. The first-order valence-electron chi connectivity index (χ1n) is 17.1. The number of aliphatic hydroxyl groups is 1. The summed E-state index contributed by atoms with van der Waals surface area (Å²) in [5.41, 5.74) is 0. The Morgan fingerprint density at radius 1 is 0.585 bits per heavy atom. The molecule has 0 amide bonds. The van der Waals surface area contributed by atoms with Crippen molar-refractivity contribution in [3.63, 3.8) is 0 Å². The average molecular weight is 599 g/mol. The maximum absolute atomic E-state index is 10.2. The molecule has 0 radical (unpaired) electrons. The zero-order valence-corrected chi connectivity index (χ0v) is 26.7. The van der Waals surface area contributed by atoms with E-state index >= 15 is 0 Å². The van der Waals surface area contributed by atoms with Crippen molar-refractivity contribution in [2.24, 2.45) is 0 Å². The number of carbonyl (C=O) groups is 2. The molecule has 0 spiro atoms. The van der Waals surface area contributed by atoms with Gasteiger partial charge in [0.05, 0.1) is 12.5 Å². The van der Waals surface area contributed by atoms with Crippen LogP contribution in [0.15, 0.2) is 0 Å². The Balaban J connectivity index is 0.000000215. The Hall–Kier alpha value is -0.830. The van der Waals surface area contributed by atoms with E-state index in [1.54, 1.807) is 0 Å². The summed E-state index contributed by atoms with van der Waals surface area (Å²) < 4.78 is 0. The number of hydrogen-bond acceptors (Lipinski definition) is 6. The fraction of sp³-hybridized carbons (Fsp3) is 0.939. The van der Waals surface area contributed by atoms with Crippen LogP contribution in [0.1, 0.15) is 154 Å². The van der Waals surface area contributed by atoms with Crippen molar-refractivity contribution in [3.8, 4) is 0 Å². The van der Waals surface area contributed by atoms with Crippen molar-refractivity contribution < 1.29 is 24.9 Å². The van der Waals surface area contributed by atoms with E-state index in [4.69, 9.17) is 10.2 Å². The molecule has 5 N–H and O–H groups in total. The zero-order valence-electron chi connectivity index (χ0n) is 25.8. The molecule has 4 aliphatic rings. The summed E-state index contributed by atoms with van der Waals surface area (Å²) in [6, 6.07) is 3.49. The van der Waals surface area contributed by atoms with Gasteiger partial charge >= 0.3 is 11.9 Å². The van der Waals surface area contributed by atoms with Gasteiger partial charge in [-0.3, -0.25) is 9.59 Å². The summed E-state index contributed by atoms with van der Waals surface area (Å²) in [6.45, 7) is 0. The van der Waals surface area contributed by atoms with Gasteiger partial charge in [-0.25, -0.2) is 0 Å². The molecular formula is C33H62N2O5S. The summed E-state index contributed by atoms with van der Waals surface area (Å²) >= 11 is 1.37. The second-order valence-electron chi connectivity index (χ2n) is 12.8. The topological polar surface area (TPSA) is 119 Å². The van der Waals surface area contributed by atoms with Crippen molar-refractivity contribution in [2.75, 3.05) is 11.5 Å². The highest BCUT2D eigenvalue weighted by molar-refractivity contribution is 7.99. The van der Waals surface area contributed by atoms with E-state index in [2.05, 4.69) is 10.6 Å². The van der Waals surface area contributed by atoms with Crippen LogP contribution in [0.5, 0.6) is 0 Å². The monoisotopic (exact) mass is 598 g/mol. The number of carboxylic acids is 2. The third-order valence-corrected chi connectivity index (χ3v) is 10.2. The average Bonchev–Trinajstić information content (AvgIpc) is 2.98. The Morgan fingerprint density at radius 3 is 1.24 bits per heavy atom. The maximum atomic E-state index is 10.2. The molecule has 0 aromatic carbocycles. The minimum absolute atomic E-state index is 0.0663. The van der Waals surface area contributed by atoms with Gasteiger partial charge in [0.15, 0.2) is 0 Å². The van der Waals surface area contributed by atoms with Gasteiger partial charge < -0.3 is 26.0 Å². The van der Waals surface area contributed by atoms with Gasteiger partial charge in [-0.05, 0) is 64.2 Å². The van der Waals surface area contributed by atoms with Crippen molar-refractivity contribution in [2.45, 2.75) is 184 Å². The molecule has 0 aromatic rings. The second kappa shape index (κ2) is 23.6. The molecular weight excluding hydrogens is 536 g/mol. The first kappa shape index (κ1) is 36.4. The number of hydrogen-bond donors (Lipinski definition) is 5. The lowest BCUT2D eigenvalue weighted by atomic mass is 9.91. The largest absolute Gasteiger partial charge is 0.481 e. The molecule has 0 heterocycles. The molecule has 240 valence electrons. The van der Waals surface area contributed by atoms with Gasteiger partial charge in [-0.15, -0.1) is 0 Å². The molecule has 0 aliphatic heterocycles. The fourth-order valence-electron chi connectivity index (χ4n) is 6.69. The van der Waals surface area contributed by atoms with E-state index < -0.39 is 18.0 Å². The van der Waals surface area contributed by atoms with Crippen LogP contribution in [0.4, 0.5) is 0 Å². The predicted octanol–water partition coefficient (Wildman–Crippen LogP) is 7.29. The van der Waals surface area contributed by atoms with Gasteiger partial charge in [-0.2, -0.15) is 11.8 Å². The Kier molecular flexibility index (Phi) is 20.9. The molecule has 4 aliphatic carbocycles. The molecule has 0 aromatic heterocycles. The summed E-state index contributed by atoms with van der Waals surface area (Å²) in [5.74, 6) is -0.762. The molecule has 41 heavy (non-hydrogen) atoms. The van der Waals surface area contributed by atoms with Crippen molar-refractivity contribution in [1.82, 2.24) is 10.6 Å². The second-order valence-corrected chi connectivity index (χ2v) is 14.0. The van der Waals surface area contributed by atoms with Gasteiger partial charge in [-0.1, -0.05) is 77.0 Å². The molecule has 8 heteroatoms.